The maximum absolute atomic E-state index is 13.2. The summed E-state index contributed by atoms with van der Waals surface area (Å²) in [5.41, 5.74) is -0.320. The molecule has 1 N–H and O–H groups in total. The standard InChI is InChI=1S/C25H14ClF4N3O2S.C2H6/c26-22-13-21(19-10-11-33(36-30)23(19)32-22)35-20-9-3-6-16-17(20)7-2-8-18(16)24(34)31-15-5-1-4-14(12-15)25(27,28)29;1-2/h1-13H,(H,31,34);1-2H3. The largest absolute Gasteiger partial charge is 0.456 e. The van der Waals surface area contributed by atoms with Crippen LogP contribution in [-0.2, 0) is 6.18 Å². The van der Waals surface area contributed by atoms with Gasteiger partial charge in [-0.3, -0.25) is 4.79 Å². The van der Waals surface area contributed by atoms with Gasteiger partial charge in [-0.1, -0.05) is 55.8 Å². The predicted molar refractivity (Wildman–Crippen MR) is 144 cm³/mol. The second-order valence-electron chi connectivity index (χ2n) is 7.68. The average molecular weight is 562 g/mol. The molecule has 0 spiro atoms. The third-order valence-corrected chi connectivity index (χ3v) is 6.06. The zero-order valence-electron chi connectivity index (χ0n) is 20.0. The summed E-state index contributed by atoms with van der Waals surface area (Å²) in [6.07, 6.45) is -3.04. The van der Waals surface area contributed by atoms with Crippen LogP contribution in [0.4, 0.5) is 22.7 Å². The van der Waals surface area contributed by atoms with E-state index in [0.29, 0.717) is 27.7 Å². The summed E-state index contributed by atoms with van der Waals surface area (Å²) in [5, 5.41) is 4.26. The van der Waals surface area contributed by atoms with Gasteiger partial charge >= 0.3 is 6.18 Å². The van der Waals surface area contributed by atoms with Crippen molar-refractivity contribution < 1.29 is 26.6 Å². The van der Waals surface area contributed by atoms with Crippen LogP contribution in [0.25, 0.3) is 21.8 Å². The summed E-state index contributed by atoms with van der Waals surface area (Å²) in [7, 11) is 0. The number of anilines is 1. The van der Waals surface area contributed by atoms with Crippen LogP contribution in [0, 0.1) is 0 Å². The first kappa shape index (κ1) is 27.3. The number of nitrogens with one attached hydrogen (secondary N) is 1. The van der Waals surface area contributed by atoms with Gasteiger partial charge < -0.3 is 10.1 Å². The molecule has 5 aromatic rings. The number of benzene rings is 3. The van der Waals surface area contributed by atoms with Crippen molar-refractivity contribution in [2.75, 3.05) is 5.32 Å². The first-order chi connectivity index (χ1) is 18.2. The highest BCUT2D eigenvalue weighted by Gasteiger charge is 2.30. The zero-order valence-corrected chi connectivity index (χ0v) is 21.6. The monoisotopic (exact) mass is 561 g/mol. The number of hydrogen-bond acceptors (Lipinski definition) is 4. The molecule has 0 atom stereocenters. The number of aromatic nitrogens is 2. The maximum Gasteiger partial charge on any atom is 0.416 e. The lowest BCUT2D eigenvalue weighted by Gasteiger charge is -2.13. The van der Waals surface area contributed by atoms with E-state index in [-0.39, 0.29) is 34.4 Å². The van der Waals surface area contributed by atoms with Gasteiger partial charge in [0.15, 0.2) is 18.0 Å². The van der Waals surface area contributed by atoms with E-state index in [9.17, 15) is 21.9 Å². The van der Waals surface area contributed by atoms with Crippen molar-refractivity contribution in [1.82, 2.24) is 8.96 Å². The molecular weight excluding hydrogens is 542 g/mol. The van der Waals surface area contributed by atoms with E-state index < -0.39 is 17.6 Å². The summed E-state index contributed by atoms with van der Waals surface area (Å²) in [6.45, 7) is 4.00. The van der Waals surface area contributed by atoms with Crippen molar-refractivity contribution in [3.8, 4) is 11.5 Å². The van der Waals surface area contributed by atoms with Gasteiger partial charge in [0.05, 0.1) is 10.9 Å². The zero-order chi connectivity index (χ0) is 27.4. The average Bonchev–Trinajstić information content (AvgIpc) is 3.32. The van der Waals surface area contributed by atoms with Crippen LogP contribution in [0.2, 0.25) is 5.15 Å². The maximum atomic E-state index is 13.2. The smallest absolute Gasteiger partial charge is 0.416 e. The van der Waals surface area contributed by atoms with Gasteiger partial charge in [0.25, 0.3) is 5.91 Å². The molecule has 0 unspecified atom stereocenters. The second kappa shape index (κ2) is 11.3. The number of alkyl halides is 3. The van der Waals surface area contributed by atoms with Gasteiger partial charge in [-0.05, 0) is 41.8 Å². The van der Waals surface area contributed by atoms with Gasteiger partial charge in [-0.2, -0.15) is 13.2 Å². The molecule has 0 saturated carbocycles. The molecule has 3 aromatic carbocycles. The fraction of sp³-hybridized carbons (Fsp3) is 0.111. The van der Waals surface area contributed by atoms with Crippen LogP contribution < -0.4 is 10.1 Å². The molecule has 11 heteroatoms. The Morgan fingerprint density at radius 2 is 1.66 bits per heavy atom. The molecule has 0 aliphatic carbocycles. The Bertz CT molecular complexity index is 1620. The summed E-state index contributed by atoms with van der Waals surface area (Å²) in [5.74, 6) is 0.151. The molecule has 5 rings (SSSR count). The van der Waals surface area contributed by atoms with E-state index >= 15 is 0 Å². The van der Waals surface area contributed by atoms with Crippen molar-refractivity contribution in [3.63, 3.8) is 0 Å². The highest BCUT2D eigenvalue weighted by atomic mass is 35.5. The number of rotatable bonds is 5. The summed E-state index contributed by atoms with van der Waals surface area (Å²) < 4.78 is 59.7. The summed E-state index contributed by atoms with van der Waals surface area (Å²) in [4.78, 5) is 17.1. The molecule has 2 aromatic heterocycles. The van der Waals surface area contributed by atoms with Crippen molar-refractivity contribution in [3.05, 3.63) is 95.3 Å². The number of carbonyl (C=O) groups excluding carboxylic acids is 1. The molecule has 0 aliphatic heterocycles. The van der Waals surface area contributed by atoms with Gasteiger partial charge in [-0.25, -0.2) is 8.96 Å². The third-order valence-electron chi connectivity index (χ3n) is 5.42. The number of nitrogens with zero attached hydrogens (tertiary/aromatic N) is 2. The number of halogens is 5. The topological polar surface area (TPSA) is 56.1 Å². The van der Waals surface area contributed by atoms with Crippen molar-refractivity contribution >= 4 is 57.3 Å². The van der Waals surface area contributed by atoms with Crippen LogP contribution in [0.3, 0.4) is 0 Å². The normalized spacial score (nSPS) is 11.2. The van der Waals surface area contributed by atoms with Crippen LogP contribution in [0.15, 0.2) is 79.0 Å². The van der Waals surface area contributed by atoms with E-state index in [1.54, 1.807) is 42.5 Å². The molecule has 0 saturated heterocycles. The summed E-state index contributed by atoms with van der Waals surface area (Å²) in [6, 6.07) is 17.6. The summed E-state index contributed by atoms with van der Waals surface area (Å²) >= 11 is 6.09. The van der Waals surface area contributed by atoms with E-state index in [2.05, 4.69) is 10.3 Å². The van der Waals surface area contributed by atoms with Crippen molar-refractivity contribution in [1.29, 1.82) is 0 Å². The first-order valence-corrected chi connectivity index (χ1v) is 12.4. The Balaban J connectivity index is 0.00000164. The van der Waals surface area contributed by atoms with Crippen LogP contribution in [0.5, 0.6) is 11.5 Å². The number of ether oxygens (including phenoxy) is 1. The van der Waals surface area contributed by atoms with Gasteiger partial charge in [-0.15, -0.1) is 3.89 Å². The fourth-order valence-corrected chi connectivity index (χ4v) is 4.32. The van der Waals surface area contributed by atoms with Crippen molar-refractivity contribution in [2.45, 2.75) is 20.0 Å². The molecule has 1 amide bonds. The molecule has 2 heterocycles. The van der Waals surface area contributed by atoms with E-state index in [4.69, 9.17) is 16.3 Å². The minimum atomic E-state index is -4.53. The minimum absolute atomic E-state index is 0.0169. The Labute approximate surface area is 224 Å². The third kappa shape index (κ3) is 5.56. The van der Waals surface area contributed by atoms with Gasteiger partial charge in [0, 0.05) is 28.9 Å². The minimum Gasteiger partial charge on any atom is -0.456 e. The number of amides is 1. The van der Waals surface area contributed by atoms with E-state index in [0.717, 1.165) is 12.1 Å². The molecule has 0 fully saturated rings. The van der Waals surface area contributed by atoms with E-state index in [1.807, 2.05) is 13.8 Å². The molecule has 38 heavy (non-hydrogen) atoms. The number of hydrogen-bond donors (Lipinski definition) is 1. The molecule has 196 valence electrons. The van der Waals surface area contributed by atoms with E-state index in [1.165, 1.54) is 28.4 Å². The Morgan fingerprint density at radius 3 is 2.39 bits per heavy atom. The number of pyridine rings is 1. The molecular formula is C27H20ClF4N3O2S. The Kier molecular flexibility index (Phi) is 8.13. The Hall–Kier alpha value is -3.76. The number of fused-ring (bicyclic) bond motifs is 2. The molecule has 0 bridgehead atoms. The quantitative estimate of drug-likeness (QED) is 0.172. The lowest BCUT2D eigenvalue weighted by molar-refractivity contribution is -0.137. The number of carbonyl (C=O) groups is 1. The highest BCUT2D eigenvalue weighted by molar-refractivity contribution is 7.92. The molecule has 0 aliphatic rings. The van der Waals surface area contributed by atoms with Gasteiger partial charge in [0.1, 0.15) is 16.7 Å². The van der Waals surface area contributed by atoms with Gasteiger partial charge in [0.2, 0.25) is 0 Å². The SMILES string of the molecule is CC.O=C(Nc1cccc(C(F)(F)F)c1)c1cccc2c(Oc3cc(Cl)nc4c3ccn4SF)cccc12. The lowest BCUT2D eigenvalue weighted by atomic mass is 10.0. The second-order valence-corrected chi connectivity index (χ2v) is 8.60. The van der Waals surface area contributed by atoms with Crippen LogP contribution in [-0.4, -0.2) is 14.9 Å². The van der Waals surface area contributed by atoms with Crippen molar-refractivity contribution in [2.24, 2.45) is 0 Å². The Morgan fingerprint density at radius 1 is 0.947 bits per heavy atom. The molecule has 0 radical (unpaired) electrons. The fourth-order valence-electron chi connectivity index (χ4n) is 3.83. The van der Waals surface area contributed by atoms with Crippen LogP contribution >= 0.6 is 23.9 Å². The first-order valence-electron chi connectivity index (χ1n) is 11.4. The highest BCUT2D eigenvalue weighted by Crippen LogP contribution is 2.37. The van der Waals surface area contributed by atoms with Crippen LogP contribution in [0.1, 0.15) is 29.8 Å². The predicted octanol–water partition coefficient (Wildman–Crippen LogP) is 9.31. The lowest BCUT2D eigenvalue weighted by Crippen LogP contribution is -2.13. The molecule has 5 nitrogen and oxygen atoms in total.